The normalized spacial score (nSPS) is 21.9. The van der Waals surface area contributed by atoms with Crippen LogP contribution in [0, 0.1) is 0 Å². The molecule has 5 N–H and O–H groups in total. The predicted molar refractivity (Wildman–Crippen MR) is 93.2 cm³/mol. The first-order chi connectivity index (χ1) is 11.0. The van der Waals surface area contributed by atoms with Crippen molar-refractivity contribution in [2.24, 2.45) is 11.5 Å². The number of nitrogens with zero attached hydrogens (tertiary/aromatic N) is 1. The lowest BCUT2D eigenvalue weighted by molar-refractivity contribution is -0.132. The van der Waals surface area contributed by atoms with Gasteiger partial charge in [0.2, 0.25) is 5.91 Å². The number of hydrogen-bond donors (Lipinski definition) is 3. The van der Waals surface area contributed by atoms with Gasteiger partial charge in [0.05, 0.1) is 0 Å². The maximum atomic E-state index is 12.7. The standard InChI is InChI=1S/C16H24N4O2S/c1-23-8-7-14(19-16(18)22)15(21)20-9-12(13(17)10-20)11-5-3-2-4-6-11/h2-6,12-14H,7-10,17H2,1H3,(H3,18,19,22)/t12-,13+,14?/m0/s1. The minimum absolute atomic E-state index is 0.101. The lowest BCUT2D eigenvalue weighted by atomic mass is 9.95. The molecule has 1 fully saturated rings. The molecule has 1 unspecified atom stereocenters. The Morgan fingerprint density at radius 2 is 2.04 bits per heavy atom. The highest BCUT2D eigenvalue weighted by Crippen LogP contribution is 2.27. The first kappa shape index (κ1) is 17.6. The molecule has 126 valence electrons. The minimum atomic E-state index is -0.674. The number of carbonyl (C=O) groups is 2. The summed E-state index contributed by atoms with van der Waals surface area (Å²) < 4.78 is 0. The van der Waals surface area contributed by atoms with Gasteiger partial charge in [0, 0.05) is 25.0 Å². The molecule has 0 aliphatic carbocycles. The molecule has 3 amide bonds. The molecular weight excluding hydrogens is 312 g/mol. The second kappa shape index (κ2) is 8.21. The molecule has 23 heavy (non-hydrogen) atoms. The van der Waals surface area contributed by atoms with Gasteiger partial charge in [-0.1, -0.05) is 30.3 Å². The van der Waals surface area contributed by atoms with Crippen LogP contribution in [0.5, 0.6) is 0 Å². The average molecular weight is 336 g/mol. The Morgan fingerprint density at radius 1 is 1.35 bits per heavy atom. The quantitative estimate of drug-likeness (QED) is 0.713. The molecule has 2 rings (SSSR count). The topological polar surface area (TPSA) is 101 Å². The number of rotatable bonds is 6. The molecule has 6 nitrogen and oxygen atoms in total. The third-order valence-electron chi connectivity index (χ3n) is 4.13. The fraction of sp³-hybridized carbons (Fsp3) is 0.500. The highest BCUT2D eigenvalue weighted by atomic mass is 32.2. The summed E-state index contributed by atoms with van der Waals surface area (Å²) in [7, 11) is 0. The zero-order valence-corrected chi connectivity index (χ0v) is 14.1. The lowest BCUT2D eigenvalue weighted by Crippen LogP contribution is -2.50. The largest absolute Gasteiger partial charge is 0.352 e. The Kier molecular flexibility index (Phi) is 6.29. The zero-order chi connectivity index (χ0) is 16.8. The fourth-order valence-electron chi connectivity index (χ4n) is 2.95. The van der Waals surface area contributed by atoms with Crippen molar-refractivity contribution in [2.45, 2.75) is 24.4 Å². The average Bonchev–Trinajstić information content (AvgIpc) is 2.93. The number of likely N-dealkylation sites (tertiary alicyclic amines) is 1. The third kappa shape index (κ3) is 4.62. The van der Waals surface area contributed by atoms with Crippen molar-refractivity contribution >= 4 is 23.7 Å². The van der Waals surface area contributed by atoms with Crippen LogP contribution in [0.3, 0.4) is 0 Å². The monoisotopic (exact) mass is 336 g/mol. The summed E-state index contributed by atoms with van der Waals surface area (Å²) in [6.45, 7) is 1.06. The van der Waals surface area contributed by atoms with Crippen molar-refractivity contribution in [3.63, 3.8) is 0 Å². The third-order valence-corrected chi connectivity index (χ3v) is 4.77. The molecule has 1 heterocycles. The van der Waals surface area contributed by atoms with Crippen LogP contribution in [0.4, 0.5) is 4.79 Å². The molecule has 1 aromatic rings. The van der Waals surface area contributed by atoms with E-state index >= 15 is 0 Å². The summed E-state index contributed by atoms with van der Waals surface area (Å²) in [4.78, 5) is 25.6. The Balaban J connectivity index is 2.05. The van der Waals surface area contributed by atoms with E-state index < -0.39 is 12.1 Å². The number of carbonyl (C=O) groups excluding carboxylic acids is 2. The van der Waals surface area contributed by atoms with Gasteiger partial charge in [0.1, 0.15) is 6.04 Å². The molecule has 1 aromatic carbocycles. The van der Waals surface area contributed by atoms with E-state index in [2.05, 4.69) is 5.32 Å². The highest BCUT2D eigenvalue weighted by molar-refractivity contribution is 7.98. The molecule has 3 atom stereocenters. The van der Waals surface area contributed by atoms with Crippen molar-refractivity contribution in [2.75, 3.05) is 25.1 Å². The van der Waals surface area contributed by atoms with E-state index in [-0.39, 0.29) is 17.9 Å². The van der Waals surface area contributed by atoms with Crippen LogP contribution >= 0.6 is 11.8 Å². The second-order valence-corrected chi connectivity index (χ2v) is 6.75. The molecule has 0 spiro atoms. The van der Waals surface area contributed by atoms with Crippen LogP contribution in [-0.4, -0.2) is 54.0 Å². The zero-order valence-electron chi connectivity index (χ0n) is 13.3. The first-order valence-electron chi connectivity index (χ1n) is 7.67. The van der Waals surface area contributed by atoms with E-state index in [9.17, 15) is 9.59 Å². The van der Waals surface area contributed by atoms with E-state index in [1.165, 1.54) is 0 Å². The highest BCUT2D eigenvalue weighted by Gasteiger charge is 2.36. The Hall–Kier alpha value is -1.73. The van der Waals surface area contributed by atoms with E-state index in [0.717, 1.165) is 11.3 Å². The van der Waals surface area contributed by atoms with Gasteiger partial charge < -0.3 is 21.7 Å². The summed E-state index contributed by atoms with van der Waals surface area (Å²) in [5.74, 6) is 0.792. The summed E-state index contributed by atoms with van der Waals surface area (Å²) in [5, 5.41) is 2.55. The van der Waals surface area contributed by atoms with Gasteiger partial charge in [0.15, 0.2) is 0 Å². The van der Waals surface area contributed by atoms with Gasteiger partial charge in [-0.3, -0.25) is 4.79 Å². The SMILES string of the molecule is CSCCC(NC(N)=O)C(=O)N1C[C@@H](N)[C@H](c2ccccc2)C1. The fourth-order valence-corrected chi connectivity index (χ4v) is 3.42. The number of thioether (sulfide) groups is 1. The van der Waals surface area contributed by atoms with E-state index in [1.807, 2.05) is 36.6 Å². The van der Waals surface area contributed by atoms with Crippen LogP contribution in [0.15, 0.2) is 30.3 Å². The van der Waals surface area contributed by atoms with Crippen LogP contribution in [0.25, 0.3) is 0 Å². The van der Waals surface area contributed by atoms with E-state index in [0.29, 0.717) is 19.5 Å². The van der Waals surface area contributed by atoms with Crippen molar-refractivity contribution < 1.29 is 9.59 Å². The van der Waals surface area contributed by atoms with Gasteiger partial charge in [-0.25, -0.2) is 4.79 Å². The van der Waals surface area contributed by atoms with Gasteiger partial charge in [-0.2, -0.15) is 11.8 Å². The first-order valence-corrected chi connectivity index (χ1v) is 9.06. The van der Waals surface area contributed by atoms with Crippen molar-refractivity contribution in [3.05, 3.63) is 35.9 Å². The lowest BCUT2D eigenvalue weighted by Gasteiger charge is -2.23. The molecule has 7 heteroatoms. The Bertz CT molecular complexity index is 540. The summed E-state index contributed by atoms with van der Waals surface area (Å²) in [6, 6.07) is 8.62. The molecule has 1 aliphatic heterocycles. The number of nitrogens with one attached hydrogen (secondary N) is 1. The molecule has 0 bridgehead atoms. The van der Waals surface area contributed by atoms with E-state index in [1.54, 1.807) is 16.7 Å². The minimum Gasteiger partial charge on any atom is -0.352 e. The van der Waals surface area contributed by atoms with Gasteiger partial charge in [-0.15, -0.1) is 0 Å². The molecular formula is C16H24N4O2S. The summed E-state index contributed by atoms with van der Waals surface area (Å²) >= 11 is 1.63. The maximum absolute atomic E-state index is 12.7. The van der Waals surface area contributed by atoms with Crippen LogP contribution in [-0.2, 0) is 4.79 Å². The van der Waals surface area contributed by atoms with Crippen LogP contribution in [0.1, 0.15) is 17.9 Å². The molecule has 0 saturated carbocycles. The number of amides is 3. The molecule has 1 saturated heterocycles. The second-order valence-electron chi connectivity index (χ2n) is 5.77. The van der Waals surface area contributed by atoms with E-state index in [4.69, 9.17) is 11.5 Å². The number of hydrogen-bond acceptors (Lipinski definition) is 4. The number of urea groups is 1. The predicted octanol–water partition coefficient (Wildman–Crippen LogP) is 0.730. The Morgan fingerprint density at radius 3 is 2.65 bits per heavy atom. The summed E-state index contributed by atoms with van der Waals surface area (Å²) in [6.07, 6.45) is 2.52. The van der Waals surface area contributed by atoms with Crippen molar-refractivity contribution in [1.82, 2.24) is 10.2 Å². The summed E-state index contributed by atoms with van der Waals surface area (Å²) in [5.41, 5.74) is 12.6. The van der Waals surface area contributed by atoms with Crippen molar-refractivity contribution in [1.29, 1.82) is 0 Å². The van der Waals surface area contributed by atoms with Crippen LogP contribution in [0.2, 0.25) is 0 Å². The molecule has 0 aromatic heterocycles. The number of nitrogens with two attached hydrogens (primary N) is 2. The Labute approximate surface area is 141 Å². The van der Waals surface area contributed by atoms with Crippen LogP contribution < -0.4 is 16.8 Å². The van der Waals surface area contributed by atoms with Crippen molar-refractivity contribution in [3.8, 4) is 0 Å². The maximum Gasteiger partial charge on any atom is 0.312 e. The van der Waals surface area contributed by atoms with Gasteiger partial charge in [0.25, 0.3) is 0 Å². The molecule has 0 radical (unpaired) electrons. The number of benzene rings is 1. The number of primary amides is 1. The smallest absolute Gasteiger partial charge is 0.312 e. The molecule has 1 aliphatic rings. The van der Waals surface area contributed by atoms with Gasteiger partial charge >= 0.3 is 6.03 Å². The van der Waals surface area contributed by atoms with Gasteiger partial charge in [-0.05, 0) is 24.0 Å².